The number of hydrogen-bond acceptors (Lipinski definition) is 4. The van der Waals surface area contributed by atoms with Gasteiger partial charge in [-0.2, -0.15) is 10.4 Å². The number of Topliss-reactive ketones (excluding diaryl/α,β-unsaturated/α-hetero) is 1. The molecule has 0 saturated heterocycles. The highest BCUT2D eigenvalue weighted by Gasteiger charge is 2.26. The van der Waals surface area contributed by atoms with E-state index >= 15 is 0 Å². The molecular weight excluding hydrogens is 318 g/mol. The van der Waals surface area contributed by atoms with Crippen LogP contribution < -0.4 is 5.32 Å². The number of carbonyl (C=O) groups excluding carboxylic acids is 2. The molecule has 2 aromatic rings. The average Bonchev–Trinajstić information content (AvgIpc) is 2.94. The van der Waals surface area contributed by atoms with Gasteiger partial charge in [-0.3, -0.25) is 14.3 Å². The summed E-state index contributed by atoms with van der Waals surface area (Å²) >= 11 is 0. The van der Waals surface area contributed by atoms with Crippen LogP contribution >= 0.6 is 0 Å². The summed E-state index contributed by atoms with van der Waals surface area (Å²) in [5.74, 6) is -4.87. The molecule has 1 heterocycles. The van der Waals surface area contributed by atoms with Gasteiger partial charge < -0.3 is 5.32 Å². The molecule has 0 aliphatic heterocycles. The molecule has 0 saturated carbocycles. The van der Waals surface area contributed by atoms with Crippen molar-refractivity contribution in [1.29, 1.82) is 5.26 Å². The van der Waals surface area contributed by atoms with Crippen LogP contribution in [-0.2, 0) is 23.1 Å². The van der Waals surface area contributed by atoms with Crippen LogP contribution in [0.4, 0.5) is 14.5 Å². The number of benzene rings is 1. The molecule has 0 aliphatic rings. The summed E-state index contributed by atoms with van der Waals surface area (Å²) in [6.07, 6.45) is 3.62. The Hall–Kier alpha value is -3.08. The Morgan fingerprint density at radius 3 is 2.75 bits per heavy atom. The smallest absolute Gasteiger partial charge is 0.249 e. The number of nitriles is 1. The van der Waals surface area contributed by atoms with E-state index in [0.717, 1.165) is 17.7 Å². The molecule has 24 heavy (non-hydrogen) atoms. The van der Waals surface area contributed by atoms with E-state index in [9.17, 15) is 18.4 Å². The number of nitrogens with zero attached hydrogens (tertiary/aromatic N) is 3. The number of carbonyl (C=O) groups is 2. The second-order valence-electron chi connectivity index (χ2n) is 5.16. The zero-order chi connectivity index (χ0) is 17.7. The summed E-state index contributed by atoms with van der Waals surface area (Å²) in [5, 5.41) is 15.1. The van der Waals surface area contributed by atoms with Crippen LogP contribution in [0.1, 0.15) is 12.0 Å². The standard InChI is InChI=1S/C16H14F2N4O2/c1-22-9-10(8-20-22)2-5-15(23)12(7-19)16(24)21-14-4-3-11(17)6-13(14)18/h3-4,6,8-9,12H,2,5H2,1H3,(H,21,24)/t12-/m1/s1. The molecule has 8 heteroatoms. The van der Waals surface area contributed by atoms with Gasteiger partial charge in [0.2, 0.25) is 5.91 Å². The Balaban J connectivity index is 2.00. The molecule has 0 unspecified atom stereocenters. The molecule has 1 amide bonds. The summed E-state index contributed by atoms with van der Waals surface area (Å²) in [4.78, 5) is 24.1. The van der Waals surface area contributed by atoms with Crippen molar-refractivity contribution in [1.82, 2.24) is 9.78 Å². The second kappa shape index (κ2) is 7.46. The lowest BCUT2D eigenvalue weighted by atomic mass is 9.99. The number of ketones is 1. The van der Waals surface area contributed by atoms with E-state index < -0.39 is 29.2 Å². The third-order valence-electron chi connectivity index (χ3n) is 3.32. The van der Waals surface area contributed by atoms with E-state index in [4.69, 9.17) is 5.26 Å². The van der Waals surface area contributed by atoms with Crippen LogP contribution in [0.25, 0.3) is 0 Å². The fourth-order valence-electron chi connectivity index (χ4n) is 2.09. The van der Waals surface area contributed by atoms with Gasteiger partial charge in [0.25, 0.3) is 0 Å². The lowest BCUT2D eigenvalue weighted by molar-refractivity contribution is -0.128. The molecule has 0 aliphatic carbocycles. The van der Waals surface area contributed by atoms with E-state index in [2.05, 4.69) is 10.4 Å². The van der Waals surface area contributed by atoms with Crippen molar-refractivity contribution >= 4 is 17.4 Å². The van der Waals surface area contributed by atoms with Crippen LogP contribution in [0, 0.1) is 28.9 Å². The average molecular weight is 332 g/mol. The topological polar surface area (TPSA) is 87.8 Å². The van der Waals surface area contributed by atoms with Crippen LogP contribution in [-0.4, -0.2) is 21.5 Å². The minimum Gasteiger partial charge on any atom is -0.322 e. The van der Waals surface area contributed by atoms with Crippen molar-refractivity contribution in [2.24, 2.45) is 13.0 Å². The summed E-state index contributed by atoms with van der Waals surface area (Å²) in [6, 6.07) is 4.20. The number of amides is 1. The van der Waals surface area contributed by atoms with Gasteiger partial charge in [0, 0.05) is 25.7 Å². The van der Waals surface area contributed by atoms with Gasteiger partial charge >= 0.3 is 0 Å². The fourth-order valence-corrected chi connectivity index (χ4v) is 2.09. The monoisotopic (exact) mass is 332 g/mol. The highest BCUT2D eigenvalue weighted by atomic mass is 19.1. The number of aryl methyl sites for hydroxylation is 2. The van der Waals surface area contributed by atoms with Crippen LogP contribution in [0.15, 0.2) is 30.6 Å². The molecule has 2 rings (SSSR count). The Morgan fingerprint density at radius 2 is 2.17 bits per heavy atom. The highest BCUT2D eigenvalue weighted by Crippen LogP contribution is 2.17. The Bertz CT molecular complexity index is 811. The first-order chi connectivity index (χ1) is 11.4. The summed E-state index contributed by atoms with van der Waals surface area (Å²) in [5.41, 5.74) is 0.509. The molecule has 124 valence electrons. The molecule has 6 nitrogen and oxygen atoms in total. The van der Waals surface area contributed by atoms with Crippen molar-refractivity contribution in [3.63, 3.8) is 0 Å². The molecule has 1 aromatic heterocycles. The summed E-state index contributed by atoms with van der Waals surface area (Å²) in [6.45, 7) is 0. The van der Waals surface area contributed by atoms with Gasteiger partial charge in [-0.1, -0.05) is 0 Å². The Morgan fingerprint density at radius 1 is 1.42 bits per heavy atom. The normalized spacial score (nSPS) is 11.6. The summed E-state index contributed by atoms with van der Waals surface area (Å²) < 4.78 is 27.9. The molecule has 1 aromatic carbocycles. The van der Waals surface area contributed by atoms with E-state index in [-0.39, 0.29) is 12.1 Å². The second-order valence-corrected chi connectivity index (χ2v) is 5.16. The molecule has 0 spiro atoms. The third-order valence-corrected chi connectivity index (χ3v) is 3.32. The van der Waals surface area contributed by atoms with Gasteiger partial charge in [0.05, 0.1) is 18.0 Å². The van der Waals surface area contributed by atoms with Crippen molar-refractivity contribution < 1.29 is 18.4 Å². The lowest BCUT2D eigenvalue weighted by Crippen LogP contribution is -2.29. The number of hydrogen-bond donors (Lipinski definition) is 1. The minimum absolute atomic E-state index is 0.0246. The SMILES string of the molecule is Cn1cc(CCC(=O)[C@@H](C#N)C(=O)Nc2ccc(F)cc2F)cn1. The zero-order valence-corrected chi connectivity index (χ0v) is 12.8. The van der Waals surface area contributed by atoms with Crippen molar-refractivity contribution in [3.05, 3.63) is 47.8 Å². The minimum atomic E-state index is -1.56. The number of nitrogens with one attached hydrogen (secondary N) is 1. The van der Waals surface area contributed by atoms with Gasteiger partial charge in [0.15, 0.2) is 11.7 Å². The Kier molecular flexibility index (Phi) is 5.37. The number of anilines is 1. The van der Waals surface area contributed by atoms with Crippen LogP contribution in [0.5, 0.6) is 0 Å². The zero-order valence-electron chi connectivity index (χ0n) is 12.8. The maximum absolute atomic E-state index is 13.5. The number of rotatable bonds is 6. The van der Waals surface area contributed by atoms with E-state index in [1.54, 1.807) is 30.2 Å². The quantitative estimate of drug-likeness (QED) is 0.819. The molecule has 0 fully saturated rings. The molecule has 1 atom stereocenters. The largest absolute Gasteiger partial charge is 0.322 e. The molecule has 1 N–H and O–H groups in total. The number of halogens is 2. The summed E-state index contributed by atoms with van der Waals surface area (Å²) in [7, 11) is 1.73. The first-order valence-corrected chi connectivity index (χ1v) is 7.06. The fraction of sp³-hybridized carbons (Fsp3) is 0.250. The van der Waals surface area contributed by atoms with E-state index in [0.29, 0.717) is 12.5 Å². The van der Waals surface area contributed by atoms with Gasteiger partial charge in [-0.05, 0) is 24.1 Å². The van der Waals surface area contributed by atoms with Gasteiger partial charge in [-0.25, -0.2) is 8.78 Å². The van der Waals surface area contributed by atoms with Crippen molar-refractivity contribution in [3.8, 4) is 6.07 Å². The molecule has 0 radical (unpaired) electrons. The molecule has 0 bridgehead atoms. The first kappa shape index (κ1) is 17.3. The highest BCUT2D eigenvalue weighted by molar-refractivity contribution is 6.09. The number of aromatic nitrogens is 2. The van der Waals surface area contributed by atoms with Crippen LogP contribution in [0.3, 0.4) is 0 Å². The molecular formula is C16H14F2N4O2. The van der Waals surface area contributed by atoms with Crippen LogP contribution in [0.2, 0.25) is 0 Å². The first-order valence-electron chi connectivity index (χ1n) is 7.06. The van der Waals surface area contributed by atoms with Gasteiger partial charge in [-0.15, -0.1) is 0 Å². The van der Waals surface area contributed by atoms with E-state index in [1.165, 1.54) is 0 Å². The van der Waals surface area contributed by atoms with Crippen molar-refractivity contribution in [2.75, 3.05) is 5.32 Å². The predicted molar refractivity (Wildman–Crippen MR) is 80.6 cm³/mol. The van der Waals surface area contributed by atoms with Crippen molar-refractivity contribution in [2.45, 2.75) is 12.8 Å². The maximum Gasteiger partial charge on any atom is 0.249 e. The maximum atomic E-state index is 13.5. The van der Waals surface area contributed by atoms with Gasteiger partial charge in [0.1, 0.15) is 11.6 Å². The van der Waals surface area contributed by atoms with E-state index in [1.807, 2.05) is 0 Å². The predicted octanol–water partition coefficient (Wildman–Crippen LogP) is 1.98. The lowest BCUT2D eigenvalue weighted by Gasteiger charge is -2.10. The Labute approximate surface area is 136 Å². The third kappa shape index (κ3) is 4.23.